The Labute approximate surface area is 116 Å². The molecule has 0 aromatic rings. The first-order valence-electron chi connectivity index (χ1n) is 7.11. The lowest BCUT2D eigenvalue weighted by Gasteiger charge is -2.44. The number of nitrogens with one attached hydrogen (secondary N) is 1. The van der Waals surface area contributed by atoms with Crippen LogP contribution in [0.25, 0.3) is 0 Å². The lowest BCUT2D eigenvalue weighted by Crippen LogP contribution is -2.54. The van der Waals surface area contributed by atoms with Crippen molar-refractivity contribution in [1.29, 1.82) is 0 Å². The number of hydrogen-bond acceptors (Lipinski definition) is 5. The predicted octanol–water partition coefficient (Wildman–Crippen LogP) is 0.122. The Morgan fingerprint density at radius 3 is 2.63 bits per heavy atom. The van der Waals surface area contributed by atoms with Crippen molar-refractivity contribution in [2.45, 2.75) is 25.8 Å². The third kappa shape index (κ3) is 3.90. The molecule has 6 heteroatoms. The van der Waals surface area contributed by atoms with E-state index in [0.29, 0.717) is 18.1 Å². The number of ether oxygens (including phenoxy) is 1. The van der Waals surface area contributed by atoms with Gasteiger partial charge in [0.15, 0.2) is 9.84 Å². The summed E-state index contributed by atoms with van der Waals surface area (Å²) in [5.41, 5.74) is 0.190. The number of sulfone groups is 1. The first-order valence-corrected chi connectivity index (χ1v) is 8.93. The fraction of sp³-hybridized carbons (Fsp3) is 1.00. The van der Waals surface area contributed by atoms with Gasteiger partial charge in [-0.05, 0) is 32.9 Å². The SMILES string of the molecule is COCC1(CN2CCS(=O)(=O)CC2C)CCNCC1. The molecule has 2 rings (SSSR count). The average molecular weight is 290 g/mol. The van der Waals surface area contributed by atoms with Crippen LogP contribution >= 0.6 is 0 Å². The van der Waals surface area contributed by atoms with Crippen molar-refractivity contribution >= 4 is 9.84 Å². The molecule has 0 saturated carbocycles. The maximum atomic E-state index is 11.6. The molecule has 2 heterocycles. The number of nitrogens with zero attached hydrogens (tertiary/aromatic N) is 1. The second-order valence-electron chi connectivity index (χ2n) is 6.12. The summed E-state index contributed by atoms with van der Waals surface area (Å²) in [6.07, 6.45) is 2.22. The Hall–Kier alpha value is -0.170. The van der Waals surface area contributed by atoms with Crippen LogP contribution in [0.1, 0.15) is 19.8 Å². The summed E-state index contributed by atoms with van der Waals surface area (Å²) in [4.78, 5) is 2.34. The van der Waals surface area contributed by atoms with Gasteiger partial charge in [-0.3, -0.25) is 4.90 Å². The minimum Gasteiger partial charge on any atom is -0.384 e. The molecule has 2 aliphatic heterocycles. The van der Waals surface area contributed by atoms with Crippen LogP contribution in [0.5, 0.6) is 0 Å². The van der Waals surface area contributed by atoms with Crippen molar-refractivity contribution in [2.75, 3.05) is 51.4 Å². The van der Waals surface area contributed by atoms with Crippen molar-refractivity contribution in [1.82, 2.24) is 10.2 Å². The first kappa shape index (κ1) is 15.2. The van der Waals surface area contributed by atoms with E-state index in [-0.39, 0.29) is 11.5 Å². The second kappa shape index (κ2) is 6.08. The topological polar surface area (TPSA) is 58.6 Å². The predicted molar refractivity (Wildman–Crippen MR) is 76.1 cm³/mol. The Morgan fingerprint density at radius 1 is 1.37 bits per heavy atom. The van der Waals surface area contributed by atoms with Gasteiger partial charge in [0.1, 0.15) is 0 Å². The van der Waals surface area contributed by atoms with Crippen molar-refractivity contribution < 1.29 is 13.2 Å². The van der Waals surface area contributed by atoms with Crippen LogP contribution in [0.15, 0.2) is 0 Å². The minimum atomic E-state index is -2.82. The van der Waals surface area contributed by atoms with E-state index in [1.165, 1.54) is 0 Å². The summed E-state index contributed by atoms with van der Waals surface area (Å²) in [7, 11) is -1.07. The monoisotopic (exact) mass is 290 g/mol. The van der Waals surface area contributed by atoms with Crippen molar-refractivity contribution in [2.24, 2.45) is 5.41 Å². The molecule has 2 aliphatic rings. The van der Waals surface area contributed by atoms with Crippen LogP contribution in [0.4, 0.5) is 0 Å². The quantitative estimate of drug-likeness (QED) is 0.797. The summed E-state index contributed by atoms with van der Waals surface area (Å²) in [5.74, 6) is 0.604. The van der Waals surface area contributed by atoms with Crippen LogP contribution in [0.3, 0.4) is 0 Å². The molecule has 0 bridgehead atoms. The molecule has 112 valence electrons. The van der Waals surface area contributed by atoms with Crippen LogP contribution in [-0.2, 0) is 14.6 Å². The molecule has 0 spiro atoms. The molecule has 2 fully saturated rings. The van der Waals surface area contributed by atoms with E-state index in [1.54, 1.807) is 7.11 Å². The Bertz CT molecular complexity index is 385. The number of hydrogen-bond donors (Lipinski definition) is 1. The van der Waals surface area contributed by atoms with E-state index in [4.69, 9.17) is 4.74 Å². The zero-order valence-electron chi connectivity index (χ0n) is 12.0. The smallest absolute Gasteiger partial charge is 0.153 e. The molecule has 5 nitrogen and oxygen atoms in total. The molecular weight excluding hydrogens is 264 g/mol. The molecular formula is C13H26N2O3S. The summed E-state index contributed by atoms with van der Waals surface area (Å²) >= 11 is 0. The average Bonchev–Trinajstić information content (AvgIpc) is 2.34. The lowest BCUT2D eigenvalue weighted by molar-refractivity contribution is 0.0153. The van der Waals surface area contributed by atoms with Gasteiger partial charge in [-0.25, -0.2) is 8.42 Å². The van der Waals surface area contributed by atoms with E-state index < -0.39 is 9.84 Å². The molecule has 2 saturated heterocycles. The van der Waals surface area contributed by atoms with E-state index in [0.717, 1.165) is 39.1 Å². The van der Waals surface area contributed by atoms with Gasteiger partial charge >= 0.3 is 0 Å². The van der Waals surface area contributed by atoms with Gasteiger partial charge in [-0.1, -0.05) is 0 Å². The Kier molecular flexibility index (Phi) is 4.87. The van der Waals surface area contributed by atoms with Crippen LogP contribution in [0, 0.1) is 5.41 Å². The zero-order chi connectivity index (χ0) is 13.9. The van der Waals surface area contributed by atoms with Crippen molar-refractivity contribution in [3.8, 4) is 0 Å². The molecule has 0 aromatic carbocycles. The number of rotatable bonds is 4. The fourth-order valence-electron chi connectivity index (χ4n) is 3.31. The van der Waals surface area contributed by atoms with Crippen molar-refractivity contribution in [3.63, 3.8) is 0 Å². The van der Waals surface area contributed by atoms with Gasteiger partial charge in [-0.2, -0.15) is 0 Å². The van der Waals surface area contributed by atoms with Crippen molar-refractivity contribution in [3.05, 3.63) is 0 Å². The molecule has 19 heavy (non-hydrogen) atoms. The maximum Gasteiger partial charge on any atom is 0.153 e. The van der Waals surface area contributed by atoms with Crippen LogP contribution < -0.4 is 5.32 Å². The number of piperidine rings is 1. The third-order valence-electron chi connectivity index (χ3n) is 4.46. The van der Waals surface area contributed by atoms with Gasteiger partial charge in [0.2, 0.25) is 0 Å². The minimum absolute atomic E-state index is 0.127. The van der Waals surface area contributed by atoms with E-state index in [2.05, 4.69) is 10.2 Å². The summed E-state index contributed by atoms with van der Waals surface area (Å²) in [6.45, 7) is 6.48. The highest BCUT2D eigenvalue weighted by Crippen LogP contribution is 2.31. The second-order valence-corrected chi connectivity index (χ2v) is 8.35. The van der Waals surface area contributed by atoms with E-state index in [9.17, 15) is 8.42 Å². The lowest BCUT2D eigenvalue weighted by atomic mass is 9.79. The first-order chi connectivity index (χ1) is 8.96. The fourth-order valence-corrected chi connectivity index (χ4v) is 4.94. The van der Waals surface area contributed by atoms with Crippen LogP contribution in [0.2, 0.25) is 0 Å². The molecule has 0 radical (unpaired) electrons. The van der Waals surface area contributed by atoms with Gasteiger partial charge in [0.25, 0.3) is 0 Å². The summed E-state index contributed by atoms with van der Waals surface area (Å²) in [5, 5.41) is 3.39. The highest BCUT2D eigenvalue weighted by atomic mass is 32.2. The Balaban J connectivity index is 2.01. The normalized spacial score (nSPS) is 31.2. The summed E-state index contributed by atoms with van der Waals surface area (Å²) < 4.78 is 28.7. The maximum absolute atomic E-state index is 11.6. The highest BCUT2D eigenvalue weighted by Gasteiger charge is 2.37. The highest BCUT2D eigenvalue weighted by molar-refractivity contribution is 7.91. The molecule has 0 aromatic heterocycles. The van der Waals surface area contributed by atoms with Gasteiger partial charge in [0.05, 0.1) is 18.1 Å². The Morgan fingerprint density at radius 2 is 2.05 bits per heavy atom. The standard InChI is InChI=1S/C13H26N2O3S/c1-12-9-19(16,17)8-7-15(12)10-13(11-18-2)3-5-14-6-4-13/h12,14H,3-11H2,1-2H3. The van der Waals surface area contributed by atoms with E-state index >= 15 is 0 Å². The molecule has 1 atom stereocenters. The van der Waals surface area contributed by atoms with Gasteiger partial charge in [-0.15, -0.1) is 0 Å². The molecule has 1 unspecified atom stereocenters. The number of methoxy groups -OCH3 is 1. The largest absolute Gasteiger partial charge is 0.384 e. The third-order valence-corrected chi connectivity index (χ3v) is 6.26. The molecule has 0 amide bonds. The van der Waals surface area contributed by atoms with Crippen LogP contribution in [-0.4, -0.2) is 70.8 Å². The summed E-state index contributed by atoms with van der Waals surface area (Å²) in [6, 6.07) is 0.127. The van der Waals surface area contributed by atoms with Gasteiger partial charge in [0, 0.05) is 31.7 Å². The molecule has 0 aliphatic carbocycles. The van der Waals surface area contributed by atoms with Gasteiger partial charge < -0.3 is 10.1 Å². The van der Waals surface area contributed by atoms with E-state index in [1.807, 2.05) is 6.92 Å². The zero-order valence-corrected chi connectivity index (χ0v) is 12.8. The molecule has 1 N–H and O–H groups in total.